The summed E-state index contributed by atoms with van der Waals surface area (Å²) in [6.45, 7) is 0. The molecule has 0 aliphatic heterocycles. The van der Waals surface area contributed by atoms with Crippen LogP contribution < -0.4 is 10.6 Å². The monoisotopic (exact) mass is 353 g/mol. The summed E-state index contributed by atoms with van der Waals surface area (Å²) >= 11 is 5.97. The van der Waals surface area contributed by atoms with Crippen molar-refractivity contribution in [2.75, 3.05) is 10.6 Å². The van der Waals surface area contributed by atoms with Crippen LogP contribution in [0.25, 0.3) is 10.9 Å². The van der Waals surface area contributed by atoms with E-state index in [2.05, 4.69) is 15.6 Å². The van der Waals surface area contributed by atoms with Gasteiger partial charge < -0.3 is 15.6 Å². The van der Waals surface area contributed by atoms with Crippen molar-refractivity contribution >= 4 is 45.7 Å². The van der Waals surface area contributed by atoms with Gasteiger partial charge in [0.05, 0.1) is 0 Å². The zero-order valence-corrected chi connectivity index (χ0v) is 14.1. The molecule has 0 bridgehead atoms. The van der Waals surface area contributed by atoms with E-state index in [1.807, 2.05) is 6.07 Å². The number of aromatic amines is 1. The lowest BCUT2D eigenvalue weighted by Gasteiger charge is -2.08. The van der Waals surface area contributed by atoms with Crippen LogP contribution in [0.15, 0.2) is 48.5 Å². The summed E-state index contributed by atoms with van der Waals surface area (Å²) in [5.74, 6) is -0.0783. The van der Waals surface area contributed by atoms with Crippen molar-refractivity contribution in [2.24, 2.45) is 5.92 Å². The molecule has 3 N–H and O–H groups in total. The molecule has 1 aliphatic rings. The van der Waals surface area contributed by atoms with Crippen LogP contribution in [-0.2, 0) is 4.79 Å². The van der Waals surface area contributed by atoms with Gasteiger partial charge in [-0.3, -0.25) is 9.59 Å². The van der Waals surface area contributed by atoms with Gasteiger partial charge >= 0.3 is 0 Å². The minimum atomic E-state index is -0.252. The summed E-state index contributed by atoms with van der Waals surface area (Å²) in [7, 11) is 0. The highest BCUT2D eigenvalue weighted by molar-refractivity contribution is 6.31. The van der Waals surface area contributed by atoms with Gasteiger partial charge in [0.15, 0.2) is 0 Å². The van der Waals surface area contributed by atoms with Crippen molar-refractivity contribution in [3.63, 3.8) is 0 Å². The highest BCUT2D eigenvalue weighted by Gasteiger charge is 2.29. The minimum Gasteiger partial charge on any atom is -0.351 e. The number of H-pyrrole nitrogens is 1. The van der Waals surface area contributed by atoms with Gasteiger partial charge in [-0.15, -0.1) is 0 Å². The normalized spacial score (nSPS) is 13.6. The second-order valence-electron chi connectivity index (χ2n) is 6.21. The first-order valence-corrected chi connectivity index (χ1v) is 8.47. The zero-order valence-electron chi connectivity index (χ0n) is 13.3. The molecule has 25 heavy (non-hydrogen) atoms. The lowest BCUT2D eigenvalue weighted by Crippen LogP contribution is -2.15. The van der Waals surface area contributed by atoms with Gasteiger partial charge in [0.1, 0.15) is 5.69 Å². The Balaban J connectivity index is 1.50. The van der Waals surface area contributed by atoms with E-state index in [-0.39, 0.29) is 17.7 Å². The molecule has 1 fully saturated rings. The molecule has 4 rings (SSSR count). The van der Waals surface area contributed by atoms with Crippen molar-refractivity contribution in [3.05, 3.63) is 59.2 Å². The minimum absolute atomic E-state index is 0.0379. The number of hydrogen-bond acceptors (Lipinski definition) is 2. The van der Waals surface area contributed by atoms with Crippen molar-refractivity contribution < 1.29 is 9.59 Å². The topological polar surface area (TPSA) is 74.0 Å². The third-order valence-corrected chi connectivity index (χ3v) is 4.40. The standard InChI is InChI=1S/C19H16ClN3O2/c20-13-6-7-16-12(8-13)9-17(23-16)19(25)22-15-3-1-2-14(10-15)21-18(24)11-4-5-11/h1-3,6-11,23H,4-5H2,(H,21,24)(H,22,25). The second kappa shape index (κ2) is 6.26. The number of hydrogen-bond donors (Lipinski definition) is 3. The van der Waals surface area contributed by atoms with Crippen LogP contribution >= 0.6 is 11.6 Å². The molecule has 1 saturated carbocycles. The molecule has 0 saturated heterocycles. The fraction of sp³-hybridized carbons (Fsp3) is 0.158. The number of benzene rings is 2. The molecule has 6 heteroatoms. The largest absolute Gasteiger partial charge is 0.351 e. The molecule has 2 amide bonds. The fourth-order valence-electron chi connectivity index (χ4n) is 2.69. The molecule has 1 aliphatic carbocycles. The Hall–Kier alpha value is -2.79. The summed E-state index contributed by atoms with van der Waals surface area (Å²) in [5.41, 5.74) is 2.60. The van der Waals surface area contributed by atoms with Crippen LogP contribution in [0, 0.1) is 5.92 Å². The Morgan fingerprint density at radius 2 is 1.76 bits per heavy atom. The maximum absolute atomic E-state index is 12.5. The molecule has 126 valence electrons. The summed E-state index contributed by atoms with van der Waals surface area (Å²) in [6, 6.07) is 14.3. The predicted molar refractivity (Wildman–Crippen MR) is 99.1 cm³/mol. The Morgan fingerprint density at radius 3 is 2.52 bits per heavy atom. The molecule has 0 radical (unpaired) electrons. The summed E-state index contributed by atoms with van der Waals surface area (Å²) in [4.78, 5) is 27.4. The van der Waals surface area contributed by atoms with E-state index in [1.165, 1.54) is 0 Å². The molecule has 0 atom stereocenters. The lowest BCUT2D eigenvalue weighted by molar-refractivity contribution is -0.117. The first-order valence-electron chi connectivity index (χ1n) is 8.09. The Labute approximate surface area is 149 Å². The van der Waals surface area contributed by atoms with Crippen LogP contribution in [0.1, 0.15) is 23.3 Å². The molecule has 1 aromatic heterocycles. The summed E-state index contributed by atoms with van der Waals surface area (Å²) in [6.07, 6.45) is 1.90. The molecule has 2 aromatic carbocycles. The number of carbonyl (C=O) groups excluding carboxylic acids is 2. The SMILES string of the molecule is O=C(Nc1cccc(NC(=O)C2CC2)c1)c1cc2cc(Cl)ccc2[nH]1. The van der Waals surface area contributed by atoms with E-state index in [4.69, 9.17) is 11.6 Å². The highest BCUT2D eigenvalue weighted by Crippen LogP contribution is 2.30. The van der Waals surface area contributed by atoms with Gasteiger partial charge in [0.2, 0.25) is 5.91 Å². The van der Waals surface area contributed by atoms with Crippen LogP contribution in [0.3, 0.4) is 0 Å². The Kier molecular flexibility index (Phi) is 3.93. The first-order chi connectivity index (χ1) is 12.1. The second-order valence-corrected chi connectivity index (χ2v) is 6.65. The molecular weight excluding hydrogens is 338 g/mol. The van der Waals surface area contributed by atoms with Gasteiger partial charge in [-0.2, -0.15) is 0 Å². The molecule has 5 nitrogen and oxygen atoms in total. The van der Waals surface area contributed by atoms with Gasteiger partial charge in [0, 0.05) is 33.2 Å². The van der Waals surface area contributed by atoms with Crippen LogP contribution in [0.5, 0.6) is 0 Å². The number of rotatable bonds is 4. The molecule has 0 spiro atoms. The zero-order chi connectivity index (χ0) is 17.4. The smallest absolute Gasteiger partial charge is 0.272 e. The average Bonchev–Trinajstić information content (AvgIpc) is 3.35. The van der Waals surface area contributed by atoms with E-state index < -0.39 is 0 Å². The number of carbonyl (C=O) groups is 2. The Bertz CT molecular complexity index is 976. The average molecular weight is 354 g/mol. The van der Waals surface area contributed by atoms with E-state index >= 15 is 0 Å². The third kappa shape index (κ3) is 3.51. The summed E-state index contributed by atoms with van der Waals surface area (Å²) < 4.78 is 0. The van der Waals surface area contributed by atoms with E-state index in [0.29, 0.717) is 22.1 Å². The number of fused-ring (bicyclic) bond motifs is 1. The highest BCUT2D eigenvalue weighted by atomic mass is 35.5. The van der Waals surface area contributed by atoms with E-state index in [1.54, 1.807) is 42.5 Å². The van der Waals surface area contributed by atoms with Crippen LogP contribution in [0.4, 0.5) is 11.4 Å². The number of aromatic nitrogens is 1. The van der Waals surface area contributed by atoms with Crippen LogP contribution in [0.2, 0.25) is 5.02 Å². The summed E-state index contributed by atoms with van der Waals surface area (Å²) in [5, 5.41) is 7.21. The molecule has 0 unspecified atom stereocenters. The van der Waals surface area contributed by atoms with Crippen LogP contribution in [-0.4, -0.2) is 16.8 Å². The van der Waals surface area contributed by atoms with Gasteiger partial charge in [-0.1, -0.05) is 17.7 Å². The van der Waals surface area contributed by atoms with Crippen molar-refractivity contribution in [3.8, 4) is 0 Å². The molecule has 1 heterocycles. The van der Waals surface area contributed by atoms with Gasteiger partial charge in [-0.05, 0) is 55.3 Å². The fourth-order valence-corrected chi connectivity index (χ4v) is 2.87. The number of halogens is 1. The lowest BCUT2D eigenvalue weighted by atomic mass is 10.2. The maximum Gasteiger partial charge on any atom is 0.272 e. The predicted octanol–water partition coefficient (Wildman–Crippen LogP) is 4.42. The van der Waals surface area contributed by atoms with Gasteiger partial charge in [-0.25, -0.2) is 0 Å². The number of anilines is 2. The first kappa shape index (κ1) is 15.7. The van der Waals surface area contributed by atoms with Crippen molar-refractivity contribution in [2.45, 2.75) is 12.8 Å². The third-order valence-electron chi connectivity index (χ3n) is 4.16. The maximum atomic E-state index is 12.5. The Morgan fingerprint density at radius 1 is 1.00 bits per heavy atom. The van der Waals surface area contributed by atoms with Gasteiger partial charge in [0.25, 0.3) is 5.91 Å². The molecule has 3 aromatic rings. The number of nitrogens with one attached hydrogen (secondary N) is 3. The quantitative estimate of drug-likeness (QED) is 0.649. The molecular formula is C19H16ClN3O2. The van der Waals surface area contributed by atoms with Crippen molar-refractivity contribution in [1.29, 1.82) is 0 Å². The van der Waals surface area contributed by atoms with E-state index in [9.17, 15) is 9.59 Å². The van der Waals surface area contributed by atoms with Crippen molar-refractivity contribution in [1.82, 2.24) is 4.98 Å². The van der Waals surface area contributed by atoms with E-state index in [0.717, 1.165) is 23.7 Å². The number of amides is 2.